The van der Waals surface area contributed by atoms with Gasteiger partial charge in [0.25, 0.3) is 0 Å². The first kappa shape index (κ1) is 17.3. The van der Waals surface area contributed by atoms with E-state index in [1.807, 2.05) is 4.90 Å². The molecule has 0 bridgehead atoms. The number of carbonyl (C=O) groups excluding carboxylic acids is 2. The first-order valence-corrected chi connectivity index (χ1v) is 8.24. The lowest BCUT2D eigenvalue weighted by molar-refractivity contribution is -0.134. The highest BCUT2D eigenvalue weighted by Crippen LogP contribution is 2.33. The SMILES string of the molecule is Cl.NC(=O)NC1CCN(C(=O)C2CC3CCCCC3N2)CC1. The number of rotatable bonds is 2. The van der Waals surface area contributed by atoms with Gasteiger partial charge in [-0.1, -0.05) is 12.8 Å². The van der Waals surface area contributed by atoms with Gasteiger partial charge in [0.05, 0.1) is 6.04 Å². The van der Waals surface area contributed by atoms with Crippen molar-refractivity contribution in [2.24, 2.45) is 11.7 Å². The zero-order valence-electron chi connectivity index (χ0n) is 12.9. The van der Waals surface area contributed by atoms with Crippen molar-refractivity contribution in [1.82, 2.24) is 15.5 Å². The minimum absolute atomic E-state index is 0. The third-order valence-corrected chi connectivity index (χ3v) is 5.31. The number of hydrogen-bond acceptors (Lipinski definition) is 3. The van der Waals surface area contributed by atoms with Crippen LogP contribution in [0.5, 0.6) is 0 Å². The molecule has 22 heavy (non-hydrogen) atoms. The minimum atomic E-state index is -0.471. The quantitative estimate of drug-likeness (QED) is 0.705. The van der Waals surface area contributed by atoms with Crippen molar-refractivity contribution in [3.63, 3.8) is 0 Å². The molecular weight excluding hydrogens is 304 g/mol. The average molecular weight is 331 g/mol. The van der Waals surface area contributed by atoms with Crippen LogP contribution in [0.1, 0.15) is 44.9 Å². The lowest BCUT2D eigenvalue weighted by Gasteiger charge is -2.33. The van der Waals surface area contributed by atoms with E-state index in [1.54, 1.807) is 0 Å². The van der Waals surface area contributed by atoms with Crippen molar-refractivity contribution in [2.45, 2.75) is 63.1 Å². The maximum Gasteiger partial charge on any atom is 0.312 e. The van der Waals surface area contributed by atoms with Crippen LogP contribution in [0.2, 0.25) is 0 Å². The lowest BCUT2D eigenvalue weighted by atomic mass is 9.85. The standard InChI is InChI=1S/C15H26N4O2.ClH/c16-15(21)17-11-5-7-19(8-6-11)14(20)13-9-10-3-1-2-4-12(10)18-13;/h10-13,18H,1-9H2,(H3,16,17,21);1H. The number of likely N-dealkylation sites (tertiary alicyclic amines) is 1. The predicted molar refractivity (Wildman–Crippen MR) is 86.9 cm³/mol. The van der Waals surface area contributed by atoms with Gasteiger partial charge in [-0.25, -0.2) is 4.79 Å². The van der Waals surface area contributed by atoms with Gasteiger partial charge in [0.1, 0.15) is 0 Å². The van der Waals surface area contributed by atoms with Gasteiger partial charge in [0.15, 0.2) is 0 Å². The molecule has 3 aliphatic rings. The number of nitrogens with zero attached hydrogens (tertiary/aromatic N) is 1. The van der Waals surface area contributed by atoms with Crippen molar-refractivity contribution in [3.05, 3.63) is 0 Å². The Hall–Kier alpha value is -1.01. The van der Waals surface area contributed by atoms with Gasteiger partial charge in [-0.2, -0.15) is 0 Å². The Balaban J connectivity index is 0.00000176. The van der Waals surface area contributed by atoms with Crippen molar-refractivity contribution in [3.8, 4) is 0 Å². The summed E-state index contributed by atoms with van der Waals surface area (Å²) in [5.41, 5.74) is 5.14. The summed E-state index contributed by atoms with van der Waals surface area (Å²) in [4.78, 5) is 25.4. The van der Waals surface area contributed by atoms with Gasteiger partial charge in [0.2, 0.25) is 5.91 Å². The van der Waals surface area contributed by atoms with Crippen molar-refractivity contribution in [2.75, 3.05) is 13.1 Å². The Morgan fingerprint density at radius 1 is 1.09 bits per heavy atom. The van der Waals surface area contributed by atoms with Crippen LogP contribution < -0.4 is 16.4 Å². The molecule has 0 spiro atoms. The summed E-state index contributed by atoms with van der Waals surface area (Å²) < 4.78 is 0. The maximum atomic E-state index is 12.6. The minimum Gasteiger partial charge on any atom is -0.352 e. The van der Waals surface area contributed by atoms with Gasteiger partial charge in [-0.05, 0) is 38.0 Å². The number of nitrogens with two attached hydrogens (primary N) is 1. The molecule has 2 saturated heterocycles. The molecule has 1 saturated carbocycles. The Labute approximate surface area is 138 Å². The van der Waals surface area contributed by atoms with Gasteiger partial charge in [-0.3, -0.25) is 4.79 Å². The fraction of sp³-hybridized carbons (Fsp3) is 0.867. The predicted octanol–water partition coefficient (Wildman–Crippen LogP) is 0.988. The summed E-state index contributed by atoms with van der Waals surface area (Å²) in [6, 6.07) is 0.215. The third-order valence-electron chi connectivity index (χ3n) is 5.31. The van der Waals surface area contributed by atoms with Crippen LogP contribution in [0.4, 0.5) is 4.79 Å². The highest BCUT2D eigenvalue weighted by atomic mass is 35.5. The zero-order valence-corrected chi connectivity index (χ0v) is 13.7. The smallest absolute Gasteiger partial charge is 0.312 e. The lowest BCUT2D eigenvalue weighted by Crippen LogP contribution is -2.52. The number of fused-ring (bicyclic) bond motifs is 1. The molecular formula is C15H27ClN4O2. The molecule has 3 fully saturated rings. The molecule has 7 heteroatoms. The van der Waals surface area contributed by atoms with Crippen LogP contribution in [-0.2, 0) is 4.79 Å². The van der Waals surface area contributed by atoms with E-state index >= 15 is 0 Å². The van der Waals surface area contributed by atoms with Crippen LogP contribution in [0.25, 0.3) is 0 Å². The summed E-state index contributed by atoms with van der Waals surface area (Å²) in [5, 5.41) is 6.29. The second kappa shape index (κ2) is 7.51. The van der Waals surface area contributed by atoms with Crippen molar-refractivity contribution >= 4 is 24.3 Å². The van der Waals surface area contributed by atoms with Crippen LogP contribution in [0, 0.1) is 5.92 Å². The van der Waals surface area contributed by atoms with Gasteiger partial charge in [0, 0.05) is 25.2 Å². The highest BCUT2D eigenvalue weighted by molar-refractivity contribution is 5.85. The van der Waals surface area contributed by atoms with E-state index in [9.17, 15) is 9.59 Å². The number of hydrogen-bond donors (Lipinski definition) is 3. The fourth-order valence-electron chi connectivity index (χ4n) is 4.18. The molecule has 2 heterocycles. The van der Waals surface area contributed by atoms with Crippen LogP contribution >= 0.6 is 12.4 Å². The first-order chi connectivity index (χ1) is 10.1. The van der Waals surface area contributed by atoms with E-state index in [-0.39, 0.29) is 30.4 Å². The number of nitrogens with one attached hydrogen (secondary N) is 2. The van der Waals surface area contributed by atoms with E-state index in [4.69, 9.17) is 5.73 Å². The molecule has 2 aliphatic heterocycles. The topological polar surface area (TPSA) is 87.5 Å². The largest absolute Gasteiger partial charge is 0.352 e. The molecule has 3 rings (SSSR count). The number of carbonyl (C=O) groups is 2. The second-order valence-electron chi connectivity index (χ2n) is 6.71. The fourth-order valence-corrected chi connectivity index (χ4v) is 4.18. The summed E-state index contributed by atoms with van der Waals surface area (Å²) in [6.07, 6.45) is 7.70. The zero-order chi connectivity index (χ0) is 14.8. The Morgan fingerprint density at radius 3 is 2.41 bits per heavy atom. The average Bonchev–Trinajstić information content (AvgIpc) is 2.90. The molecule has 0 aromatic carbocycles. The molecule has 4 N–H and O–H groups in total. The number of piperidine rings is 1. The van der Waals surface area contributed by atoms with Crippen molar-refractivity contribution in [1.29, 1.82) is 0 Å². The van der Waals surface area contributed by atoms with Crippen LogP contribution in [-0.4, -0.2) is 48.1 Å². The molecule has 3 unspecified atom stereocenters. The van der Waals surface area contributed by atoms with E-state index in [2.05, 4.69) is 10.6 Å². The van der Waals surface area contributed by atoms with E-state index in [0.29, 0.717) is 12.0 Å². The summed E-state index contributed by atoms with van der Waals surface area (Å²) in [7, 11) is 0. The van der Waals surface area contributed by atoms with E-state index in [1.165, 1.54) is 25.7 Å². The number of halogens is 1. The maximum absolute atomic E-state index is 12.6. The normalized spacial score (nSPS) is 32.0. The Kier molecular flexibility index (Phi) is 5.92. The first-order valence-electron chi connectivity index (χ1n) is 8.24. The molecule has 0 radical (unpaired) electrons. The van der Waals surface area contributed by atoms with E-state index in [0.717, 1.165) is 32.4 Å². The summed E-state index contributed by atoms with van der Waals surface area (Å²) >= 11 is 0. The summed E-state index contributed by atoms with van der Waals surface area (Å²) in [5.74, 6) is 0.948. The van der Waals surface area contributed by atoms with E-state index < -0.39 is 6.03 Å². The third kappa shape index (κ3) is 3.84. The van der Waals surface area contributed by atoms with Crippen molar-refractivity contribution < 1.29 is 9.59 Å². The molecule has 3 amide bonds. The van der Waals surface area contributed by atoms with Crippen LogP contribution in [0.3, 0.4) is 0 Å². The molecule has 126 valence electrons. The van der Waals surface area contributed by atoms with Gasteiger partial charge < -0.3 is 21.3 Å². The molecule has 1 aliphatic carbocycles. The molecule has 0 aromatic heterocycles. The molecule has 0 aromatic rings. The Bertz CT molecular complexity index is 398. The number of amides is 3. The number of urea groups is 1. The summed E-state index contributed by atoms with van der Waals surface area (Å²) in [6.45, 7) is 1.44. The monoisotopic (exact) mass is 330 g/mol. The highest BCUT2D eigenvalue weighted by Gasteiger charge is 2.40. The molecule has 6 nitrogen and oxygen atoms in total. The van der Waals surface area contributed by atoms with Gasteiger partial charge >= 0.3 is 6.03 Å². The second-order valence-corrected chi connectivity index (χ2v) is 6.71. The van der Waals surface area contributed by atoms with Crippen LogP contribution in [0.15, 0.2) is 0 Å². The molecule has 3 atom stereocenters. The van der Waals surface area contributed by atoms with Gasteiger partial charge in [-0.15, -0.1) is 12.4 Å². The Morgan fingerprint density at radius 2 is 1.77 bits per heavy atom. The number of primary amides is 1.